The Bertz CT molecular complexity index is 498. The van der Waals surface area contributed by atoms with Crippen LogP contribution in [0.15, 0.2) is 23.8 Å². The lowest BCUT2D eigenvalue weighted by Crippen LogP contribution is -2.00. The molecule has 1 aliphatic heterocycles. The van der Waals surface area contributed by atoms with E-state index in [9.17, 15) is 14.7 Å². The van der Waals surface area contributed by atoms with Crippen LogP contribution in [0.2, 0.25) is 0 Å². The van der Waals surface area contributed by atoms with Gasteiger partial charge in [-0.05, 0) is 23.8 Å². The van der Waals surface area contributed by atoms with Gasteiger partial charge in [0.1, 0.15) is 5.57 Å². The van der Waals surface area contributed by atoms with Crippen LogP contribution in [0.25, 0.3) is 6.08 Å². The molecule has 0 unspecified atom stereocenters. The first-order valence-electron chi connectivity index (χ1n) is 4.91. The van der Waals surface area contributed by atoms with Crippen molar-refractivity contribution in [3.63, 3.8) is 0 Å². The summed E-state index contributed by atoms with van der Waals surface area (Å²) < 4.78 is 9.52. The Kier molecular flexibility index (Phi) is 2.82. The van der Waals surface area contributed by atoms with E-state index in [0.29, 0.717) is 5.56 Å². The number of methoxy groups -OCH3 is 1. The summed E-state index contributed by atoms with van der Waals surface area (Å²) in [5.41, 5.74) is 0.597. The minimum Gasteiger partial charge on any atom is -0.504 e. The Morgan fingerprint density at radius 3 is 2.76 bits per heavy atom. The van der Waals surface area contributed by atoms with Gasteiger partial charge in [0.25, 0.3) is 0 Å². The van der Waals surface area contributed by atoms with Gasteiger partial charge in [-0.15, -0.1) is 0 Å². The molecule has 1 aromatic rings. The number of cyclic esters (lactones) is 1. The molecule has 0 amide bonds. The molecule has 1 saturated heterocycles. The minimum atomic E-state index is -0.623. The van der Waals surface area contributed by atoms with Crippen molar-refractivity contribution in [2.24, 2.45) is 0 Å². The van der Waals surface area contributed by atoms with E-state index in [2.05, 4.69) is 4.74 Å². The minimum absolute atomic E-state index is 0.00465. The Morgan fingerprint density at radius 2 is 2.18 bits per heavy atom. The highest BCUT2D eigenvalue weighted by Gasteiger charge is 2.27. The van der Waals surface area contributed by atoms with Crippen molar-refractivity contribution in [1.82, 2.24) is 0 Å². The summed E-state index contributed by atoms with van der Waals surface area (Å²) in [7, 11) is 1.42. The quantitative estimate of drug-likeness (QED) is 0.467. The van der Waals surface area contributed by atoms with Gasteiger partial charge in [0, 0.05) is 0 Å². The molecule has 1 aliphatic rings. The molecular weight excluding hydrogens is 224 g/mol. The van der Waals surface area contributed by atoms with Crippen LogP contribution < -0.4 is 4.74 Å². The number of carbonyl (C=O) groups is 2. The summed E-state index contributed by atoms with van der Waals surface area (Å²) in [6.45, 7) is -0.208. The van der Waals surface area contributed by atoms with Crippen LogP contribution in [0.4, 0.5) is 0 Å². The predicted molar refractivity (Wildman–Crippen MR) is 58.6 cm³/mol. The topological polar surface area (TPSA) is 72.8 Å². The Balaban J connectivity index is 2.38. The molecule has 88 valence electrons. The molecule has 1 fully saturated rings. The van der Waals surface area contributed by atoms with Gasteiger partial charge in [-0.1, -0.05) is 6.07 Å². The Hall–Kier alpha value is -2.30. The van der Waals surface area contributed by atoms with E-state index in [1.54, 1.807) is 6.07 Å². The predicted octanol–water partition coefficient (Wildman–Crippen LogP) is 0.910. The molecule has 0 saturated carbocycles. The molecule has 0 bridgehead atoms. The molecule has 2 rings (SSSR count). The molecular formula is C12H10O5. The largest absolute Gasteiger partial charge is 0.504 e. The average Bonchev–Trinajstić information content (AvgIpc) is 2.63. The Morgan fingerprint density at radius 1 is 1.41 bits per heavy atom. The van der Waals surface area contributed by atoms with Crippen molar-refractivity contribution in [2.45, 2.75) is 0 Å². The summed E-state index contributed by atoms with van der Waals surface area (Å²) in [4.78, 5) is 22.5. The number of esters is 1. The van der Waals surface area contributed by atoms with Crippen molar-refractivity contribution in [2.75, 3.05) is 13.7 Å². The fourth-order valence-corrected chi connectivity index (χ4v) is 1.49. The normalized spacial score (nSPS) is 17.4. The standard InChI is InChI=1S/C12H10O5/c1-16-11-5-7(2-3-9(11)13)4-8-10(14)6-17-12(8)15/h2-5,13H,6H2,1H3/b8-4-. The van der Waals surface area contributed by atoms with E-state index in [1.165, 1.54) is 25.3 Å². The maximum Gasteiger partial charge on any atom is 0.342 e. The summed E-state index contributed by atoms with van der Waals surface area (Å²) in [5, 5.41) is 9.40. The molecule has 0 aliphatic carbocycles. The first-order chi connectivity index (χ1) is 8.11. The molecule has 0 radical (unpaired) electrons. The van der Waals surface area contributed by atoms with Crippen LogP contribution in [0.5, 0.6) is 11.5 Å². The van der Waals surface area contributed by atoms with Gasteiger partial charge in [0.05, 0.1) is 7.11 Å². The van der Waals surface area contributed by atoms with Crippen molar-refractivity contribution in [1.29, 1.82) is 0 Å². The number of hydrogen-bond donors (Lipinski definition) is 1. The second kappa shape index (κ2) is 4.29. The third-order valence-electron chi connectivity index (χ3n) is 2.37. The van der Waals surface area contributed by atoms with Gasteiger partial charge in [-0.25, -0.2) is 4.79 Å². The summed E-state index contributed by atoms with van der Waals surface area (Å²) in [5.74, 6) is -0.697. The van der Waals surface area contributed by atoms with Crippen LogP contribution in [0.3, 0.4) is 0 Å². The zero-order valence-corrected chi connectivity index (χ0v) is 9.10. The number of hydrogen-bond acceptors (Lipinski definition) is 5. The van der Waals surface area contributed by atoms with E-state index >= 15 is 0 Å². The highest BCUT2D eigenvalue weighted by molar-refractivity contribution is 6.24. The number of rotatable bonds is 2. The highest BCUT2D eigenvalue weighted by atomic mass is 16.5. The molecule has 5 nitrogen and oxygen atoms in total. The van der Waals surface area contributed by atoms with Gasteiger partial charge in [-0.2, -0.15) is 0 Å². The number of benzene rings is 1. The smallest absolute Gasteiger partial charge is 0.342 e. The second-order valence-electron chi connectivity index (χ2n) is 3.49. The molecule has 17 heavy (non-hydrogen) atoms. The van der Waals surface area contributed by atoms with E-state index < -0.39 is 5.97 Å². The average molecular weight is 234 g/mol. The van der Waals surface area contributed by atoms with Crippen molar-refractivity contribution in [3.05, 3.63) is 29.3 Å². The third kappa shape index (κ3) is 2.13. The van der Waals surface area contributed by atoms with Crippen molar-refractivity contribution in [3.8, 4) is 11.5 Å². The van der Waals surface area contributed by atoms with E-state index in [0.717, 1.165) is 0 Å². The maximum absolute atomic E-state index is 11.3. The van der Waals surface area contributed by atoms with Gasteiger partial charge in [-0.3, -0.25) is 4.79 Å². The van der Waals surface area contributed by atoms with Crippen LogP contribution in [-0.4, -0.2) is 30.6 Å². The van der Waals surface area contributed by atoms with Gasteiger partial charge < -0.3 is 14.6 Å². The second-order valence-corrected chi connectivity index (χ2v) is 3.49. The molecule has 1 N–H and O–H groups in total. The lowest BCUT2D eigenvalue weighted by Gasteiger charge is -2.03. The van der Waals surface area contributed by atoms with Crippen LogP contribution in [0.1, 0.15) is 5.56 Å². The lowest BCUT2D eigenvalue weighted by atomic mass is 10.1. The van der Waals surface area contributed by atoms with E-state index in [4.69, 9.17) is 4.74 Å². The molecule has 1 heterocycles. The van der Waals surface area contributed by atoms with Crippen LogP contribution in [0, 0.1) is 0 Å². The van der Waals surface area contributed by atoms with Gasteiger partial charge in [0.2, 0.25) is 5.78 Å². The van der Waals surface area contributed by atoms with Gasteiger partial charge in [0.15, 0.2) is 18.1 Å². The fourth-order valence-electron chi connectivity index (χ4n) is 1.49. The van der Waals surface area contributed by atoms with E-state index in [-0.39, 0.29) is 29.5 Å². The summed E-state index contributed by atoms with van der Waals surface area (Å²) in [6.07, 6.45) is 1.42. The maximum atomic E-state index is 11.3. The third-order valence-corrected chi connectivity index (χ3v) is 2.37. The number of carbonyl (C=O) groups excluding carboxylic acids is 2. The lowest BCUT2D eigenvalue weighted by molar-refractivity contribution is -0.135. The molecule has 0 aromatic heterocycles. The van der Waals surface area contributed by atoms with Gasteiger partial charge >= 0.3 is 5.97 Å². The highest BCUT2D eigenvalue weighted by Crippen LogP contribution is 2.27. The monoisotopic (exact) mass is 234 g/mol. The van der Waals surface area contributed by atoms with Crippen LogP contribution >= 0.6 is 0 Å². The SMILES string of the molecule is COc1cc(/C=C2/C(=O)COC2=O)ccc1O. The number of Topliss-reactive ketones (excluding diaryl/α,β-unsaturated/α-hetero) is 1. The first-order valence-corrected chi connectivity index (χ1v) is 4.91. The number of phenolic OH excluding ortho intramolecular Hbond substituents is 1. The zero-order valence-electron chi connectivity index (χ0n) is 9.10. The van der Waals surface area contributed by atoms with Crippen molar-refractivity contribution < 1.29 is 24.2 Å². The molecule has 0 spiro atoms. The van der Waals surface area contributed by atoms with Crippen LogP contribution in [-0.2, 0) is 14.3 Å². The number of ether oxygens (including phenoxy) is 2. The first kappa shape index (κ1) is 11.2. The summed E-state index contributed by atoms with van der Waals surface area (Å²) in [6, 6.07) is 4.53. The Labute approximate surface area is 97.3 Å². The number of aromatic hydroxyl groups is 1. The molecule has 5 heteroatoms. The van der Waals surface area contributed by atoms with E-state index in [1.807, 2.05) is 0 Å². The molecule has 0 atom stereocenters. The molecule has 1 aromatic carbocycles. The number of ketones is 1. The zero-order chi connectivity index (χ0) is 12.4. The number of phenols is 1. The fraction of sp³-hybridized carbons (Fsp3) is 0.167. The van der Waals surface area contributed by atoms with Crippen molar-refractivity contribution >= 4 is 17.8 Å². The summed E-state index contributed by atoms with van der Waals surface area (Å²) >= 11 is 0.